The number of nitrogens with two attached hydrogens (primary N) is 1. The lowest BCUT2D eigenvalue weighted by Gasteiger charge is -2.24. The van der Waals surface area contributed by atoms with Crippen molar-refractivity contribution < 1.29 is 9.18 Å². The molecule has 0 aliphatic carbocycles. The number of halogens is 2. The van der Waals surface area contributed by atoms with Gasteiger partial charge in [0, 0.05) is 5.56 Å². The van der Waals surface area contributed by atoms with Crippen molar-refractivity contribution in [3.8, 4) is 0 Å². The van der Waals surface area contributed by atoms with Gasteiger partial charge in [0.15, 0.2) is 0 Å². The highest BCUT2D eigenvalue weighted by Crippen LogP contribution is 2.16. The van der Waals surface area contributed by atoms with Gasteiger partial charge in [0.2, 0.25) is 0 Å². The van der Waals surface area contributed by atoms with Gasteiger partial charge in [-0.05, 0) is 32.0 Å². The Labute approximate surface area is 109 Å². The molecule has 3 nitrogen and oxygen atoms in total. The van der Waals surface area contributed by atoms with E-state index in [1.54, 1.807) is 13.8 Å². The number of nitrogens with one attached hydrogen (secondary N) is 1. The van der Waals surface area contributed by atoms with Gasteiger partial charge < -0.3 is 11.1 Å². The van der Waals surface area contributed by atoms with Gasteiger partial charge in [0.25, 0.3) is 5.91 Å². The van der Waals surface area contributed by atoms with E-state index in [4.69, 9.17) is 29.6 Å². The third kappa shape index (κ3) is 3.38. The summed E-state index contributed by atoms with van der Waals surface area (Å²) in [6.07, 6.45) is 0. The minimum atomic E-state index is -0.812. The van der Waals surface area contributed by atoms with Crippen molar-refractivity contribution in [2.45, 2.75) is 19.4 Å². The Bertz CT molecular complexity index is 477. The third-order valence-electron chi connectivity index (χ3n) is 2.22. The minimum Gasteiger partial charge on any atom is -0.391 e. The van der Waals surface area contributed by atoms with E-state index in [0.717, 1.165) is 6.07 Å². The number of hydrogen-bond acceptors (Lipinski definition) is 2. The zero-order valence-electron chi connectivity index (χ0n) is 9.38. The molecule has 6 heteroatoms. The molecule has 0 bridgehead atoms. The monoisotopic (exact) mass is 274 g/mol. The molecule has 0 spiro atoms. The molecule has 0 atom stereocenters. The quantitative estimate of drug-likeness (QED) is 0.832. The first-order valence-electron chi connectivity index (χ1n) is 4.81. The molecule has 1 amide bonds. The summed E-state index contributed by atoms with van der Waals surface area (Å²) in [6.45, 7) is 3.36. The molecule has 17 heavy (non-hydrogen) atoms. The molecule has 0 saturated heterocycles. The Hall–Kier alpha value is -1.20. The van der Waals surface area contributed by atoms with Crippen LogP contribution in [0.5, 0.6) is 0 Å². The first-order valence-corrected chi connectivity index (χ1v) is 5.60. The fourth-order valence-corrected chi connectivity index (χ4v) is 1.29. The van der Waals surface area contributed by atoms with Crippen LogP contribution in [-0.2, 0) is 0 Å². The molecule has 3 N–H and O–H groups in total. The Morgan fingerprint density at radius 2 is 2.12 bits per heavy atom. The molecule has 92 valence electrons. The maximum Gasteiger partial charge on any atom is 0.252 e. The van der Waals surface area contributed by atoms with Gasteiger partial charge in [-0.1, -0.05) is 23.8 Å². The first kappa shape index (κ1) is 13.9. The number of carbonyl (C=O) groups excluding carboxylic acids is 1. The van der Waals surface area contributed by atoms with E-state index in [9.17, 15) is 9.18 Å². The number of carbonyl (C=O) groups is 1. The lowest BCUT2D eigenvalue weighted by Crippen LogP contribution is -2.52. The topological polar surface area (TPSA) is 55.1 Å². The molecule has 0 aliphatic rings. The van der Waals surface area contributed by atoms with Crippen LogP contribution in [0.2, 0.25) is 5.02 Å². The van der Waals surface area contributed by atoms with Gasteiger partial charge in [0.1, 0.15) is 5.82 Å². The van der Waals surface area contributed by atoms with Crippen molar-refractivity contribution in [2.24, 2.45) is 5.73 Å². The summed E-state index contributed by atoms with van der Waals surface area (Å²) in [6, 6.07) is 3.72. The zero-order valence-corrected chi connectivity index (χ0v) is 11.0. The molecule has 0 unspecified atom stereocenters. The molecule has 0 radical (unpaired) electrons. The largest absolute Gasteiger partial charge is 0.391 e. The smallest absolute Gasteiger partial charge is 0.252 e. The van der Waals surface area contributed by atoms with E-state index in [1.807, 2.05) is 0 Å². The highest BCUT2D eigenvalue weighted by atomic mass is 35.5. The van der Waals surface area contributed by atoms with Crippen LogP contribution < -0.4 is 11.1 Å². The van der Waals surface area contributed by atoms with Crippen molar-refractivity contribution in [3.05, 3.63) is 34.6 Å². The summed E-state index contributed by atoms with van der Waals surface area (Å²) in [5.41, 5.74) is 4.92. The van der Waals surface area contributed by atoms with E-state index < -0.39 is 17.3 Å². The highest BCUT2D eigenvalue weighted by Gasteiger charge is 2.24. The van der Waals surface area contributed by atoms with E-state index in [1.165, 1.54) is 12.1 Å². The molecule has 0 aliphatic heterocycles. The van der Waals surface area contributed by atoms with E-state index >= 15 is 0 Å². The summed E-state index contributed by atoms with van der Waals surface area (Å²) in [4.78, 5) is 12.0. The lowest BCUT2D eigenvalue weighted by atomic mass is 10.0. The Morgan fingerprint density at radius 3 is 2.59 bits per heavy atom. The average Bonchev–Trinajstić information content (AvgIpc) is 2.21. The summed E-state index contributed by atoms with van der Waals surface area (Å²) < 4.78 is 12.9. The van der Waals surface area contributed by atoms with E-state index in [0.29, 0.717) is 0 Å². The molecule has 0 saturated carbocycles. The van der Waals surface area contributed by atoms with Crippen molar-refractivity contribution in [1.82, 2.24) is 5.32 Å². The van der Waals surface area contributed by atoms with Crippen LogP contribution in [0.1, 0.15) is 24.2 Å². The summed E-state index contributed by atoms with van der Waals surface area (Å²) >= 11 is 10.4. The SMILES string of the molecule is CC(C)(NC(=O)c1ccc(F)c(Cl)c1)C(N)=S. The second-order valence-electron chi connectivity index (χ2n) is 4.07. The summed E-state index contributed by atoms with van der Waals surface area (Å²) in [7, 11) is 0. The second-order valence-corrected chi connectivity index (χ2v) is 4.92. The minimum absolute atomic E-state index is 0.106. The molecule has 0 heterocycles. The van der Waals surface area contributed by atoms with E-state index in [-0.39, 0.29) is 15.6 Å². The summed E-state index contributed by atoms with van der Waals surface area (Å²) in [5, 5.41) is 2.53. The first-order chi connectivity index (χ1) is 7.74. The third-order valence-corrected chi connectivity index (χ3v) is 3.02. The standard InChI is InChI=1S/C11H12ClFN2OS/c1-11(2,10(14)17)15-9(16)6-3-4-8(13)7(12)5-6/h3-5H,1-2H3,(H2,14,17)(H,15,16). The lowest BCUT2D eigenvalue weighted by molar-refractivity contribution is 0.0932. The van der Waals surface area contributed by atoms with Crippen molar-refractivity contribution in [3.63, 3.8) is 0 Å². The predicted octanol–water partition coefficient (Wildman–Crippen LogP) is 2.27. The molecular formula is C11H12ClFN2OS. The predicted molar refractivity (Wildman–Crippen MR) is 69.7 cm³/mol. The van der Waals surface area contributed by atoms with Gasteiger partial charge in [-0.2, -0.15) is 0 Å². The van der Waals surface area contributed by atoms with Crippen LogP contribution in [0.25, 0.3) is 0 Å². The number of rotatable bonds is 3. The maximum absolute atomic E-state index is 12.9. The maximum atomic E-state index is 12.9. The van der Waals surface area contributed by atoms with Crippen LogP contribution in [0.4, 0.5) is 4.39 Å². The summed E-state index contributed by atoms with van der Waals surface area (Å²) in [5.74, 6) is -0.985. The van der Waals surface area contributed by atoms with Crippen LogP contribution in [0.3, 0.4) is 0 Å². The molecule has 0 fully saturated rings. The van der Waals surface area contributed by atoms with Crippen molar-refractivity contribution in [2.75, 3.05) is 0 Å². The van der Waals surface area contributed by atoms with Crippen LogP contribution >= 0.6 is 23.8 Å². The van der Waals surface area contributed by atoms with Crippen LogP contribution in [-0.4, -0.2) is 16.4 Å². The number of amides is 1. The van der Waals surface area contributed by atoms with Crippen LogP contribution in [0, 0.1) is 5.82 Å². The van der Waals surface area contributed by atoms with Gasteiger partial charge in [0.05, 0.1) is 15.6 Å². The Morgan fingerprint density at radius 1 is 1.53 bits per heavy atom. The van der Waals surface area contributed by atoms with Crippen LogP contribution in [0.15, 0.2) is 18.2 Å². The highest BCUT2D eigenvalue weighted by molar-refractivity contribution is 7.80. The Kier molecular flexibility index (Phi) is 4.06. The molecule has 0 aromatic heterocycles. The zero-order chi connectivity index (χ0) is 13.2. The fraction of sp³-hybridized carbons (Fsp3) is 0.273. The number of thiocarbonyl (C=S) groups is 1. The fourth-order valence-electron chi connectivity index (χ4n) is 1.05. The van der Waals surface area contributed by atoms with Crippen molar-refractivity contribution >= 4 is 34.7 Å². The molecule has 1 aromatic carbocycles. The second kappa shape index (κ2) is 4.98. The molecule has 1 aromatic rings. The normalized spacial score (nSPS) is 11.1. The van der Waals surface area contributed by atoms with Gasteiger partial charge in [-0.3, -0.25) is 4.79 Å². The molecule has 1 rings (SSSR count). The van der Waals surface area contributed by atoms with Gasteiger partial charge in [-0.15, -0.1) is 0 Å². The van der Waals surface area contributed by atoms with Gasteiger partial charge >= 0.3 is 0 Å². The van der Waals surface area contributed by atoms with Gasteiger partial charge in [-0.25, -0.2) is 4.39 Å². The number of benzene rings is 1. The molecular weight excluding hydrogens is 263 g/mol. The average molecular weight is 275 g/mol. The number of hydrogen-bond donors (Lipinski definition) is 2. The van der Waals surface area contributed by atoms with E-state index in [2.05, 4.69) is 5.32 Å². The van der Waals surface area contributed by atoms with Crippen molar-refractivity contribution in [1.29, 1.82) is 0 Å². The Balaban J connectivity index is 2.91.